The van der Waals surface area contributed by atoms with Crippen LogP contribution in [0, 0.1) is 0 Å². The number of rotatable bonds is 4. The van der Waals surface area contributed by atoms with Crippen LogP contribution in [-0.4, -0.2) is 23.1 Å². The molecule has 0 fully saturated rings. The van der Waals surface area contributed by atoms with E-state index in [1.807, 2.05) is 13.8 Å². The highest BCUT2D eigenvalue weighted by atomic mass is 19.4. The first-order chi connectivity index (χ1) is 8.29. The predicted octanol–water partition coefficient (Wildman–Crippen LogP) is 2.70. The Kier molecular flexibility index (Phi) is 4.37. The van der Waals surface area contributed by atoms with Gasteiger partial charge in [-0.15, -0.1) is 0 Å². The third-order valence-corrected chi connectivity index (χ3v) is 2.84. The highest BCUT2D eigenvalue weighted by Gasteiger charge is 2.35. The summed E-state index contributed by atoms with van der Waals surface area (Å²) in [5, 5.41) is 0. The molecule has 0 aliphatic carbocycles. The van der Waals surface area contributed by atoms with Gasteiger partial charge in [0, 0.05) is 19.2 Å². The summed E-state index contributed by atoms with van der Waals surface area (Å²) in [6.45, 7) is 3.94. The van der Waals surface area contributed by atoms with Gasteiger partial charge in [-0.25, -0.2) is 9.97 Å². The van der Waals surface area contributed by atoms with E-state index in [-0.39, 0.29) is 17.7 Å². The topological polar surface area (TPSA) is 55.0 Å². The molecule has 1 heterocycles. The number of nitrogen functional groups attached to an aromatic ring is 1. The number of aromatic nitrogens is 2. The van der Waals surface area contributed by atoms with E-state index in [2.05, 4.69) is 9.97 Å². The minimum absolute atomic E-state index is 0.125. The molecule has 0 atom stereocenters. The monoisotopic (exact) mass is 262 g/mol. The Morgan fingerprint density at radius 1 is 1.28 bits per heavy atom. The van der Waals surface area contributed by atoms with Crippen molar-refractivity contribution in [1.29, 1.82) is 0 Å². The maximum Gasteiger partial charge on any atom is 0.451 e. The van der Waals surface area contributed by atoms with Gasteiger partial charge in [0.05, 0.1) is 0 Å². The molecule has 2 N–H and O–H groups in total. The average Bonchev–Trinajstić information content (AvgIpc) is 2.28. The second-order valence-corrected chi connectivity index (χ2v) is 4.05. The Labute approximate surface area is 104 Å². The van der Waals surface area contributed by atoms with Crippen molar-refractivity contribution in [3.63, 3.8) is 0 Å². The van der Waals surface area contributed by atoms with E-state index in [1.54, 1.807) is 11.9 Å². The Bertz CT molecular complexity index is 402. The molecule has 0 aromatic carbocycles. The first kappa shape index (κ1) is 14.5. The smallest absolute Gasteiger partial charge is 0.384 e. The summed E-state index contributed by atoms with van der Waals surface area (Å²) in [4.78, 5) is 8.45. The maximum atomic E-state index is 12.6. The van der Waals surface area contributed by atoms with Crippen LogP contribution in [0.4, 0.5) is 24.8 Å². The van der Waals surface area contributed by atoms with E-state index in [1.165, 1.54) is 6.07 Å². The number of hydrogen-bond donors (Lipinski definition) is 1. The lowest BCUT2D eigenvalue weighted by atomic mass is 10.1. The predicted molar refractivity (Wildman–Crippen MR) is 64.2 cm³/mol. The van der Waals surface area contributed by atoms with Gasteiger partial charge >= 0.3 is 6.18 Å². The molecule has 7 heteroatoms. The minimum atomic E-state index is -4.58. The van der Waals surface area contributed by atoms with Crippen molar-refractivity contribution in [2.75, 3.05) is 17.7 Å². The molecule has 18 heavy (non-hydrogen) atoms. The molecule has 0 aliphatic rings. The molecule has 0 aliphatic heterocycles. The first-order valence-corrected chi connectivity index (χ1v) is 5.74. The van der Waals surface area contributed by atoms with Crippen LogP contribution in [0.25, 0.3) is 0 Å². The standard InChI is InChI=1S/C11H17F3N4/c1-4-7(5-2)18(3)9-6-8(15)16-10(17-9)11(12,13)14/h6-7H,4-5H2,1-3H3,(H2,15,16,17). The van der Waals surface area contributed by atoms with Crippen LogP contribution in [0.3, 0.4) is 0 Å². The number of hydrogen-bond acceptors (Lipinski definition) is 4. The fourth-order valence-corrected chi connectivity index (χ4v) is 1.78. The molecule has 0 saturated carbocycles. The van der Waals surface area contributed by atoms with Gasteiger partial charge < -0.3 is 10.6 Å². The third-order valence-electron chi connectivity index (χ3n) is 2.84. The lowest BCUT2D eigenvalue weighted by Gasteiger charge is -2.27. The van der Waals surface area contributed by atoms with Gasteiger partial charge in [-0.05, 0) is 12.8 Å². The summed E-state index contributed by atoms with van der Waals surface area (Å²) in [6.07, 6.45) is -2.95. The van der Waals surface area contributed by atoms with Crippen molar-refractivity contribution in [3.8, 4) is 0 Å². The molecule has 102 valence electrons. The molecular weight excluding hydrogens is 245 g/mol. The number of anilines is 2. The van der Waals surface area contributed by atoms with Gasteiger partial charge in [-0.2, -0.15) is 13.2 Å². The summed E-state index contributed by atoms with van der Waals surface area (Å²) >= 11 is 0. The molecule has 1 aromatic heterocycles. The van der Waals surface area contributed by atoms with Crippen LogP contribution < -0.4 is 10.6 Å². The quantitative estimate of drug-likeness (QED) is 0.906. The Morgan fingerprint density at radius 3 is 2.28 bits per heavy atom. The molecule has 0 radical (unpaired) electrons. The van der Waals surface area contributed by atoms with E-state index >= 15 is 0 Å². The summed E-state index contributed by atoms with van der Waals surface area (Å²) in [5.74, 6) is -1.18. The zero-order chi connectivity index (χ0) is 13.9. The van der Waals surface area contributed by atoms with Crippen LogP contribution in [0.2, 0.25) is 0 Å². The number of nitrogens with zero attached hydrogens (tertiary/aromatic N) is 3. The van der Waals surface area contributed by atoms with Crippen LogP contribution in [0.5, 0.6) is 0 Å². The number of alkyl halides is 3. The number of nitrogens with two attached hydrogens (primary N) is 1. The Hall–Kier alpha value is -1.53. The van der Waals surface area contributed by atoms with Crippen LogP contribution in [0.15, 0.2) is 6.07 Å². The Balaban J connectivity index is 3.13. The summed E-state index contributed by atoms with van der Waals surface area (Å²) < 4.78 is 37.7. The third kappa shape index (κ3) is 3.24. The van der Waals surface area contributed by atoms with Crippen LogP contribution >= 0.6 is 0 Å². The zero-order valence-electron chi connectivity index (χ0n) is 10.6. The second-order valence-electron chi connectivity index (χ2n) is 4.05. The summed E-state index contributed by atoms with van der Waals surface area (Å²) in [5.41, 5.74) is 5.40. The summed E-state index contributed by atoms with van der Waals surface area (Å²) in [6, 6.07) is 1.48. The van der Waals surface area contributed by atoms with Gasteiger partial charge in [-0.1, -0.05) is 13.8 Å². The van der Waals surface area contributed by atoms with Crippen molar-refractivity contribution < 1.29 is 13.2 Å². The molecule has 4 nitrogen and oxygen atoms in total. The van der Waals surface area contributed by atoms with E-state index in [0.717, 1.165) is 12.8 Å². The van der Waals surface area contributed by atoms with E-state index in [4.69, 9.17) is 5.73 Å². The largest absolute Gasteiger partial charge is 0.451 e. The minimum Gasteiger partial charge on any atom is -0.384 e. The van der Waals surface area contributed by atoms with Crippen molar-refractivity contribution in [2.24, 2.45) is 0 Å². The van der Waals surface area contributed by atoms with E-state index in [0.29, 0.717) is 0 Å². The lowest BCUT2D eigenvalue weighted by molar-refractivity contribution is -0.144. The molecule has 1 aromatic rings. The first-order valence-electron chi connectivity index (χ1n) is 5.74. The highest BCUT2D eigenvalue weighted by molar-refractivity contribution is 5.47. The van der Waals surface area contributed by atoms with Crippen LogP contribution in [0.1, 0.15) is 32.5 Å². The molecule has 0 spiro atoms. The fourth-order valence-electron chi connectivity index (χ4n) is 1.78. The number of halogens is 3. The molecule has 1 rings (SSSR count). The normalized spacial score (nSPS) is 11.9. The highest BCUT2D eigenvalue weighted by Crippen LogP contribution is 2.29. The summed E-state index contributed by atoms with van der Waals surface area (Å²) in [7, 11) is 1.71. The fraction of sp³-hybridized carbons (Fsp3) is 0.636. The van der Waals surface area contributed by atoms with Crippen LogP contribution in [-0.2, 0) is 6.18 Å². The van der Waals surface area contributed by atoms with Gasteiger partial charge in [0.2, 0.25) is 5.82 Å². The van der Waals surface area contributed by atoms with Gasteiger partial charge in [-0.3, -0.25) is 0 Å². The molecular formula is C11H17F3N4. The second kappa shape index (κ2) is 5.41. The van der Waals surface area contributed by atoms with E-state index in [9.17, 15) is 13.2 Å². The van der Waals surface area contributed by atoms with Crippen molar-refractivity contribution in [3.05, 3.63) is 11.9 Å². The zero-order valence-corrected chi connectivity index (χ0v) is 10.6. The van der Waals surface area contributed by atoms with Crippen molar-refractivity contribution in [1.82, 2.24) is 9.97 Å². The SMILES string of the molecule is CCC(CC)N(C)c1cc(N)nc(C(F)(F)F)n1. The Morgan fingerprint density at radius 2 is 1.83 bits per heavy atom. The van der Waals surface area contributed by atoms with Gasteiger partial charge in [0.25, 0.3) is 0 Å². The van der Waals surface area contributed by atoms with Gasteiger partial charge in [0.1, 0.15) is 11.6 Å². The molecule has 0 unspecified atom stereocenters. The molecule has 0 amide bonds. The van der Waals surface area contributed by atoms with Crippen molar-refractivity contribution in [2.45, 2.75) is 38.9 Å². The average molecular weight is 262 g/mol. The van der Waals surface area contributed by atoms with E-state index < -0.39 is 12.0 Å². The molecule has 0 saturated heterocycles. The van der Waals surface area contributed by atoms with Gasteiger partial charge in [0.15, 0.2) is 0 Å². The maximum absolute atomic E-state index is 12.6. The van der Waals surface area contributed by atoms with Crippen molar-refractivity contribution >= 4 is 11.6 Å². The molecule has 0 bridgehead atoms. The lowest BCUT2D eigenvalue weighted by Crippen LogP contribution is -2.32.